The van der Waals surface area contributed by atoms with Gasteiger partial charge in [0.2, 0.25) is 10.0 Å². The number of hydrogen-bond acceptors (Lipinski definition) is 3. The smallest absolute Gasteiger partial charge is 0.212 e. The van der Waals surface area contributed by atoms with Crippen molar-refractivity contribution in [3.05, 3.63) is 12.7 Å². The molecular weight excluding hydrogens is 214 g/mol. The predicted octanol–water partition coefficient (Wildman–Crippen LogP) is 1.28. The van der Waals surface area contributed by atoms with Gasteiger partial charge in [-0.15, -0.1) is 6.58 Å². The van der Waals surface area contributed by atoms with Gasteiger partial charge in [-0.25, -0.2) is 13.6 Å². The van der Waals surface area contributed by atoms with Crippen LogP contribution < -0.4 is 5.14 Å². The maximum absolute atomic E-state index is 11.4. The standard InChI is InChI=1S/C10H21NO3S/c1-5-6-8(2)10(15(11,12)13)7-9(3)14-4/h5,8-10H,1,6-7H2,2-4H3,(H2,11,12,13)/t8-,9+,10+/m0/s1. The molecule has 3 atom stereocenters. The number of hydrogen-bond donors (Lipinski definition) is 1. The van der Waals surface area contributed by atoms with E-state index in [2.05, 4.69) is 6.58 Å². The van der Waals surface area contributed by atoms with Crippen molar-refractivity contribution in [3.8, 4) is 0 Å². The van der Waals surface area contributed by atoms with Gasteiger partial charge in [0, 0.05) is 7.11 Å². The molecular formula is C10H21NO3S. The van der Waals surface area contributed by atoms with Crippen LogP contribution in [0.1, 0.15) is 26.7 Å². The van der Waals surface area contributed by atoms with E-state index in [1.165, 1.54) is 0 Å². The molecule has 0 heterocycles. The average molecular weight is 235 g/mol. The summed E-state index contributed by atoms with van der Waals surface area (Å²) in [5.74, 6) is -0.0323. The van der Waals surface area contributed by atoms with Gasteiger partial charge in [-0.1, -0.05) is 13.0 Å². The molecule has 0 aliphatic rings. The number of sulfonamides is 1. The lowest BCUT2D eigenvalue weighted by Gasteiger charge is -2.23. The molecule has 0 aromatic rings. The van der Waals surface area contributed by atoms with Gasteiger partial charge < -0.3 is 4.74 Å². The molecule has 0 bridgehead atoms. The van der Waals surface area contributed by atoms with Crippen molar-refractivity contribution in [1.82, 2.24) is 0 Å². The Morgan fingerprint density at radius 3 is 2.33 bits per heavy atom. The Morgan fingerprint density at radius 1 is 1.47 bits per heavy atom. The minimum Gasteiger partial charge on any atom is -0.382 e. The van der Waals surface area contributed by atoms with Crippen molar-refractivity contribution in [2.24, 2.45) is 11.1 Å². The van der Waals surface area contributed by atoms with Crippen LogP contribution >= 0.6 is 0 Å². The molecule has 0 spiro atoms. The zero-order chi connectivity index (χ0) is 12.1. The van der Waals surface area contributed by atoms with Gasteiger partial charge in [0.1, 0.15) is 0 Å². The zero-order valence-electron chi connectivity index (χ0n) is 9.64. The third kappa shape index (κ3) is 5.30. The summed E-state index contributed by atoms with van der Waals surface area (Å²) in [6, 6.07) is 0. The van der Waals surface area contributed by atoms with Gasteiger partial charge in [-0.05, 0) is 25.7 Å². The van der Waals surface area contributed by atoms with Gasteiger partial charge in [0.25, 0.3) is 0 Å². The molecule has 0 rings (SSSR count). The lowest BCUT2D eigenvalue weighted by molar-refractivity contribution is 0.106. The average Bonchev–Trinajstić information content (AvgIpc) is 2.12. The van der Waals surface area contributed by atoms with Crippen molar-refractivity contribution >= 4 is 10.0 Å². The van der Waals surface area contributed by atoms with Gasteiger partial charge >= 0.3 is 0 Å². The highest BCUT2D eigenvalue weighted by Gasteiger charge is 2.28. The van der Waals surface area contributed by atoms with Gasteiger partial charge in [-0.2, -0.15) is 0 Å². The van der Waals surface area contributed by atoms with E-state index in [0.29, 0.717) is 12.8 Å². The number of methoxy groups -OCH3 is 1. The van der Waals surface area contributed by atoms with Crippen LogP contribution in [0, 0.1) is 5.92 Å². The Kier molecular flexibility index (Phi) is 6.09. The first-order valence-electron chi connectivity index (χ1n) is 4.98. The van der Waals surface area contributed by atoms with Crippen molar-refractivity contribution in [2.45, 2.75) is 38.0 Å². The Morgan fingerprint density at radius 2 is 2.00 bits per heavy atom. The fourth-order valence-corrected chi connectivity index (χ4v) is 2.83. The molecule has 0 unspecified atom stereocenters. The van der Waals surface area contributed by atoms with Crippen LogP contribution in [0.15, 0.2) is 12.7 Å². The highest BCUT2D eigenvalue weighted by atomic mass is 32.2. The maximum Gasteiger partial charge on any atom is 0.212 e. The van der Waals surface area contributed by atoms with E-state index in [1.807, 2.05) is 13.8 Å². The first kappa shape index (κ1) is 14.6. The summed E-state index contributed by atoms with van der Waals surface area (Å²) in [7, 11) is -1.96. The first-order chi connectivity index (χ1) is 6.82. The van der Waals surface area contributed by atoms with E-state index in [-0.39, 0.29) is 12.0 Å². The first-order valence-corrected chi connectivity index (χ1v) is 6.59. The largest absolute Gasteiger partial charge is 0.382 e. The van der Waals surface area contributed by atoms with E-state index in [4.69, 9.17) is 9.88 Å². The Bertz CT molecular complexity index is 287. The molecule has 0 saturated heterocycles. The molecule has 0 fully saturated rings. The molecule has 4 nitrogen and oxygen atoms in total. The lowest BCUT2D eigenvalue weighted by Crippen LogP contribution is -2.36. The van der Waals surface area contributed by atoms with E-state index < -0.39 is 15.3 Å². The molecule has 5 heteroatoms. The Hall–Kier alpha value is -0.390. The summed E-state index contributed by atoms with van der Waals surface area (Å²) < 4.78 is 27.8. The molecule has 0 aromatic carbocycles. The zero-order valence-corrected chi connectivity index (χ0v) is 10.5. The summed E-state index contributed by atoms with van der Waals surface area (Å²) >= 11 is 0. The van der Waals surface area contributed by atoms with Crippen LogP contribution in [0.5, 0.6) is 0 Å². The molecule has 0 aromatic heterocycles. The molecule has 2 N–H and O–H groups in total. The second-order valence-corrected chi connectivity index (χ2v) is 5.69. The third-order valence-corrected chi connectivity index (χ3v) is 4.06. The minimum atomic E-state index is -3.52. The lowest BCUT2D eigenvalue weighted by atomic mass is 9.99. The summed E-state index contributed by atoms with van der Waals surface area (Å²) in [5.41, 5.74) is 0. The van der Waals surface area contributed by atoms with Crippen LogP contribution in [-0.2, 0) is 14.8 Å². The highest BCUT2D eigenvalue weighted by Crippen LogP contribution is 2.20. The van der Waals surface area contributed by atoms with Crippen molar-refractivity contribution < 1.29 is 13.2 Å². The number of ether oxygens (including phenoxy) is 1. The SMILES string of the molecule is C=CC[C@H](C)[C@@H](C[C@@H](C)OC)S(N)(=O)=O. The predicted molar refractivity (Wildman–Crippen MR) is 62.0 cm³/mol. The molecule has 0 aliphatic carbocycles. The normalized spacial score (nSPS) is 18.1. The molecule has 15 heavy (non-hydrogen) atoms. The van der Waals surface area contributed by atoms with Crippen molar-refractivity contribution in [3.63, 3.8) is 0 Å². The van der Waals surface area contributed by atoms with Crippen molar-refractivity contribution in [2.75, 3.05) is 7.11 Å². The number of primary sulfonamides is 1. The second-order valence-electron chi connectivity index (χ2n) is 3.91. The fourth-order valence-electron chi connectivity index (χ4n) is 1.53. The van der Waals surface area contributed by atoms with Crippen LogP contribution in [0.3, 0.4) is 0 Å². The molecule has 0 aliphatic heterocycles. The maximum atomic E-state index is 11.4. The van der Waals surface area contributed by atoms with Gasteiger partial charge in [0.05, 0.1) is 11.4 Å². The van der Waals surface area contributed by atoms with Crippen LogP contribution in [0.2, 0.25) is 0 Å². The molecule has 0 saturated carbocycles. The highest BCUT2D eigenvalue weighted by molar-refractivity contribution is 7.89. The topological polar surface area (TPSA) is 69.4 Å². The Labute approximate surface area is 92.5 Å². The van der Waals surface area contributed by atoms with Crippen LogP contribution in [0.25, 0.3) is 0 Å². The van der Waals surface area contributed by atoms with Gasteiger partial charge in [0.15, 0.2) is 0 Å². The number of allylic oxidation sites excluding steroid dienone is 1. The number of rotatable bonds is 7. The quantitative estimate of drug-likeness (QED) is 0.676. The summed E-state index contributed by atoms with van der Waals surface area (Å²) in [6.45, 7) is 7.29. The monoisotopic (exact) mass is 235 g/mol. The molecule has 90 valence electrons. The van der Waals surface area contributed by atoms with Crippen LogP contribution in [0.4, 0.5) is 0 Å². The van der Waals surface area contributed by atoms with Crippen LogP contribution in [-0.4, -0.2) is 26.9 Å². The summed E-state index contributed by atoms with van der Waals surface area (Å²) in [4.78, 5) is 0. The molecule has 0 radical (unpaired) electrons. The van der Waals surface area contributed by atoms with Gasteiger partial charge in [-0.3, -0.25) is 0 Å². The number of nitrogens with two attached hydrogens (primary N) is 1. The summed E-state index contributed by atoms with van der Waals surface area (Å²) in [5, 5.41) is 4.63. The minimum absolute atomic E-state index is 0.0323. The van der Waals surface area contributed by atoms with E-state index in [1.54, 1.807) is 13.2 Å². The third-order valence-electron chi connectivity index (χ3n) is 2.56. The van der Waals surface area contributed by atoms with E-state index >= 15 is 0 Å². The van der Waals surface area contributed by atoms with E-state index in [9.17, 15) is 8.42 Å². The van der Waals surface area contributed by atoms with E-state index in [0.717, 1.165) is 0 Å². The Balaban J connectivity index is 4.66. The summed E-state index contributed by atoms with van der Waals surface area (Å²) in [6.07, 6.45) is 2.66. The molecule has 0 amide bonds. The van der Waals surface area contributed by atoms with Crippen molar-refractivity contribution in [1.29, 1.82) is 0 Å². The fraction of sp³-hybridized carbons (Fsp3) is 0.800. The second kappa shape index (κ2) is 6.25.